The van der Waals surface area contributed by atoms with E-state index in [4.69, 9.17) is 4.74 Å². The summed E-state index contributed by atoms with van der Waals surface area (Å²) in [5, 5.41) is 10.6. The van der Waals surface area contributed by atoms with Gasteiger partial charge >= 0.3 is 0 Å². The van der Waals surface area contributed by atoms with E-state index in [0.717, 1.165) is 12.2 Å². The standard InChI is InChI=1S/C11H15BrN2O3/c1-3-17-7-6-13(2)11-5-4-9(14(15)16)8-10(11)12/h4-5,8H,3,6-7H2,1-2H3. The van der Waals surface area contributed by atoms with E-state index in [1.165, 1.54) is 12.1 Å². The van der Waals surface area contributed by atoms with Crippen molar-refractivity contribution in [1.29, 1.82) is 0 Å². The Morgan fingerprint density at radius 2 is 2.24 bits per heavy atom. The second-order valence-corrected chi connectivity index (χ2v) is 4.37. The van der Waals surface area contributed by atoms with Crippen LogP contribution in [0.15, 0.2) is 22.7 Å². The summed E-state index contributed by atoms with van der Waals surface area (Å²) in [6.07, 6.45) is 0. The largest absolute Gasteiger partial charge is 0.380 e. The molecule has 0 aliphatic rings. The number of non-ortho nitro benzene ring substituents is 1. The van der Waals surface area contributed by atoms with E-state index in [2.05, 4.69) is 15.9 Å². The molecule has 0 aromatic heterocycles. The lowest BCUT2D eigenvalue weighted by molar-refractivity contribution is -0.384. The Morgan fingerprint density at radius 1 is 1.53 bits per heavy atom. The topological polar surface area (TPSA) is 55.6 Å². The molecule has 0 radical (unpaired) electrons. The third-order valence-corrected chi connectivity index (χ3v) is 2.96. The Labute approximate surface area is 109 Å². The highest BCUT2D eigenvalue weighted by molar-refractivity contribution is 9.10. The van der Waals surface area contributed by atoms with E-state index in [0.29, 0.717) is 17.7 Å². The minimum atomic E-state index is -0.408. The minimum absolute atomic E-state index is 0.0823. The smallest absolute Gasteiger partial charge is 0.270 e. The van der Waals surface area contributed by atoms with E-state index in [1.54, 1.807) is 6.07 Å². The molecule has 0 saturated heterocycles. The molecule has 0 aliphatic heterocycles. The first-order valence-electron chi connectivity index (χ1n) is 5.29. The summed E-state index contributed by atoms with van der Waals surface area (Å²) >= 11 is 3.34. The summed E-state index contributed by atoms with van der Waals surface area (Å²) in [5.41, 5.74) is 0.995. The van der Waals surface area contributed by atoms with Crippen molar-refractivity contribution in [2.75, 3.05) is 31.7 Å². The van der Waals surface area contributed by atoms with Crippen molar-refractivity contribution in [2.45, 2.75) is 6.92 Å². The number of hydrogen-bond acceptors (Lipinski definition) is 4. The van der Waals surface area contributed by atoms with Gasteiger partial charge in [-0.1, -0.05) is 0 Å². The first-order valence-corrected chi connectivity index (χ1v) is 6.08. The number of rotatable bonds is 6. The summed E-state index contributed by atoms with van der Waals surface area (Å²) < 4.78 is 5.98. The molecule has 6 heteroatoms. The van der Waals surface area contributed by atoms with Crippen LogP contribution in [0, 0.1) is 10.1 Å². The molecule has 0 aliphatic carbocycles. The van der Waals surface area contributed by atoms with Gasteiger partial charge in [-0.05, 0) is 28.9 Å². The van der Waals surface area contributed by atoms with E-state index < -0.39 is 4.92 Å². The summed E-state index contributed by atoms with van der Waals surface area (Å²) in [6.45, 7) is 4.01. The highest BCUT2D eigenvalue weighted by Gasteiger charge is 2.11. The van der Waals surface area contributed by atoms with Gasteiger partial charge in [0, 0.05) is 36.8 Å². The zero-order chi connectivity index (χ0) is 12.8. The van der Waals surface area contributed by atoms with Crippen molar-refractivity contribution in [3.63, 3.8) is 0 Å². The van der Waals surface area contributed by atoms with Crippen LogP contribution in [0.5, 0.6) is 0 Å². The zero-order valence-corrected chi connectivity index (χ0v) is 11.4. The number of nitro benzene ring substituents is 1. The Bertz CT molecular complexity index is 398. The Balaban J connectivity index is 2.74. The number of hydrogen-bond donors (Lipinski definition) is 0. The highest BCUT2D eigenvalue weighted by atomic mass is 79.9. The third-order valence-electron chi connectivity index (χ3n) is 2.33. The van der Waals surface area contributed by atoms with Gasteiger partial charge in [-0.3, -0.25) is 10.1 Å². The Morgan fingerprint density at radius 3 is 2.76 bits per heavy atom. The van der Waals surface area contributed by atoms with Crippen molar-refractivity contribution in [3.05, 3.63) is 32.8 Å². The van der Waals surface area contributed by atoms with Crippen LogP contribution in [0.4, 0.5) is 11.4 Å². The lowest BCUT2D eigenvalue weighted by Gasteiger charge is -2.20. The fourth-order valence-electron chi connectivity index (χ4n) is 1.39. The molecule has 17 heavy (non-hydrogen) atoms. The van der Waals surface area contributed by atoms with Crippen LogP contribution in [0.25, 0.3) is 0 Å². The van der Waals surface area contributed by atoms with Crippen LogP contribution in [-0.2, 0) is 4.74 Å². The molecule has 0 amide bonds. The van der Waals surface area contributed by atoms with E-state index in [1.807, 2.05) is 18.9 Å². The molecule has 0 saturated carbocycles. The van der Waals surface area contributed by atoms with Crippen molar-refractivity contribution in [3.8, 4) is 0 Å². The van der Waals surface area contributed by atoms with Gasteiger partial charge in [0.25, 0.3) is 5.69 Å². The second kappa shape index (κ2) is 6.56. The van der Waals surface area contributed by atoms with Crippen LogP contribution in [-0.4, -0.2) is 31.7 Å². The number of ether oxygens (including phenoxy) is 1. The lowest BCUT2D eigenvalue weighted by atomic mass is 10.2. The number of halogens is 1. The zero-order valence-electron chi connectivity index (χ0n) is 9.85. The van der Waals surface area contributed by atoms with Crippen molar-refractivity contribution in [2.24, 2.45) is 0 Å². The average molecular weight is 303 g/mol. The average Bonchev–Trinajstić information content (AvgIpc) is 2.28. The van der Waals surface area contributed by atoms with Gasteiger partial charge in [-0.15, -0.1) is 0 Å². The molecule has 0 unspecified atom stereocenters. The quantitative estimate of drug-likeness (QED) is 0.461. The van der Waals surface area contributed by atoms with E-state index >= 15 is 0 Å². The molecule has 5 nitrogen and oxygen atoms in total. The number of nitrogens with zero attached hydrogens (tertiary/aromatic N) is 2. The summed E-state index contributed by atoms with van der Waals surface area (Å²) in [6, 6.07) is 4.73. The molecule has 1 rings (SSSR count). The fraction of sp³-hybridized carbons (Fsp3) is 0.455. The van der Waals surface area contributed by atoms with E-state index in [-0.39, 0.29) is 5.69 Å². The molecule has 0 spiro atoms. The van der Waals surface area contributed by atoms with Crippen molar-refractivity contribution >= 4 is 27.3 Å². The van der Waals surface area contributed by atoms with E-state index in [9.17, 15) is 10.1 Å². The first-order chi connectivity index (χ1) is 8.06. The maximum atomic E-state index is 10.6. The monoisotopic (exact) mass is 302 g/mol. The van der Waals surface area contributed by atoms with Crippen LogP contribution in [0.2, 0.25) is 0 Å². The Kier molecular flexibility index (Phi) is 5.37. The number of anilines is 1. The van der Waals surface area contributed by atoms with Crippen molar-refractivity contribution in [1.82, 2.24) is 0 Å². The predicted molar refractivity (Wildman–Crippen MR) is 70.6 cm³/mol. The highest BCUT2D eigenvalue weighted by Crippen LogP contribution is 2.29. The number of likely N-dealkylation sites (N-methyl/N-ethyl adjacent to an activating group) is 1. The normalized spacial score (nSPS) is 10.3. The van der Waals surface area contributed by atoms with Crippen LogP contribution in [0.3, 0.4) is 0 Å². The third kappa shape index (κ3) is 3.98. The van der Waals surface area contributed by atoms with Gasteiger partial charge in [0.15, 0.2) is 0 Å². The first kappa shape index (κ1) is 13.9. The number of nitro groups is 1. The number of benzene rings is 1. The van der Waals surface area contributed by atoms with Crippen LogP contribution >= 0.6 is 15.9 Å². The molecule has 0 fully saturated rings. The van der Waals surface area contributed by atoms with Crippen LogP contribution < -0.4 is 4.90 Å². The predicted octanol–water partition coefficient (Wildman–Crippen LogP) is 2.83. The summed E-state index contributed by atoms with van der Waals surface area (Å²) in [7, 11) is 1.92. The van der Waals surface area contributed by atoms with Gasteiger partial charge in [0.2, 0.25) is 0 Å². The van der Waals surface area contributed by atoms with Gasteiger partial charge in [-0.25, -0.2) is 0 Å². The van der Waals surface area contributed by atoms with Gasteiger partial charge in [-0.2, -0.15) is 0 Å². The fourth-order valence-corrected chi connectivity index (χ4v) is 2.05. The molecule has 0 N–H and O–H groups in total. The molecule has 0 heterocycles. The molecule has 0 atom stereocenters. The SMILES string of the molecule is CCOCCN(C)c1ccc([N+](=O)[O-])cc1Br. The Hall–Kier alpha value is -1.14. The molecule has 0 bridgehead atoms. The molecular weight excluding hydrogens is 288 g/mol. The van der Waals surface area contributed by atoms with Gasteiger partial charge < -0.3 is 9.64 Å². The molecular formula is C11H15BrN2O3. The molecule has 94 valence electrons. The summed E-state index contributed by atoms with van der Waals surface area (Å²) in [4.78, 5) is 12.2. The maximum Gasteiger partial charge on any atom is 0.270 e. The maximum absolute atomic E-state index is 10.6. The molecule has 1 aromatic carbocycles. The van der Waals surface area contributed by atoms with Gasteiger partial charge in [0.05, 0.1) is 17.2 Å². The molecule has 1 aromatic rings. The van der Waals surface area contributed by atoms with Crippen molar-refractivity contribution < 1.29 is 9.66 Å². The van der Waals surface area contributed by atoms with Gasteiger partial charge in [0.1, 0.15) is 0 Å². The minimum Gasteiger partial charge on any atom is -0.380 e. The second-order valence-electron chi connectivity index (χ2n) is 3.51. The van der Waals surface area contributed by atoms with Crippen LogP contribution in [0.1, 0.15) is 6.92 Å². The lowest BCUT2D eigenvalue weighted by Crippen LogP contribution is -2.22. The summed E-state index contributed by atoms with van der Waals surface area (Å²) in [5.74, 6) is 0.